The van der Waals surface area contributed by atoms with Crippen LogP contribution in [0, 0.1) is 6.92 Å². The van der Waals surface area contributed by atoms with Crippen molar-refractivity contribution in [1.82, 2.24) is 0 Å². The van der Waals surface area contributed by atoms with Crippen LogP contribution in [0.4, 0.5) is 5.69 Å². The average molecular weight is 368 g/mol. The highest BCUT2D eigenvalue weighted by Gasteiger charge is 2.17. The Morgan fingerprint density at radius 1 is 1.00 bits per heavy atom. The molecule has 0 spiro atoms. The van der Waals surface area contributed by atoms with Gasteiger partial charge in [-0.1, -0.05) is 44.5 Å². The SMILES string of the molecule is Cc1oc(-c2ccc(Cl)cc2)cc1C(=O)Nc1ccc(C(C)(C)C)cc1. The lowest BCUT2D eigenvalue weighted by molar-refractivity contribution is 0.102. The summed E-state index contributed by atoms with van der Waals surface area (Å²) < 4.78 is 5.76. The van der Waals surface area contributed by atoms with Crippen molar-refractivity contribution < 1.29 is 9.21 Å². The highest BCUT2D eigenvalue weighted by molar-refractivity contribution is 6.30. The summed E-state index contributed by atoms with van der Waals surface area (Å²) in [6.45, 7) is 8.27. The van der Waals surface area contributed by atoms with Crippen molar-refractivity contribution in [3.05, 3.63) is 76.5 Å². The lowest BCUT2D eigenvalue weighted by Crippen LogP contribution is -2.13. The molecule has 0 fully saturated rings. The molecule has 0 saturated carbocycles. The van der Waals surface area contributed by atoms with Crippen molar-refractivity contribution in [2.45, 2.75) is 33.1 Å². The summed E-state index contributed by atoms with van der Waals surface area (Å²) in [6.07, 6.45) is 0. The zero-order valence-electron chi connectivity index (χ0n) is 15.4. The number of nitrogens with one attached hydrogen (secondary N) is 1. The van der Waals surface area contributed by atoms with E-state index in [1.54, 1.807) is 25.1 Å². The van der Waals surface area contributed by atoms with Crippen LogP contribution < -0.4 is 5.32 Å². The van der Waals surface area contributed by atoms with E-state index in [9.17, 15) is 4.79 Å². The summed E-state index contributed by atoms with van der Waals surface area (Å²) in [5, 5.41) is 3.59. The van der Waals surface area contributed by atoms with Crippen molar-refractivity contribution in [3.8, 4) is 11.3 Å². The number of furan rings is 1. The highest BCUT2D eigenvalue weighted by atomic mass is 35.5. The van der Waals surface area contributed by atoms with Gasteiger partial charge in [-0.25, -0.2) is 0 Å². The first-order chi connectivity index (χ1) is 12.2. The second-order valence-corrected chi connectivity index (χ2v) is 7.81. The van der Waals surface area contributed by atoms with Gasteiger partial charge in [0.15, 0.2) is 0 Å². The molecule has 3 rings (SSSR count). The van der Waals surface area contributed by atoms with E-state index in [4.69, 9.17) is 16.0 Å². The van der Waals surface area contributed by atoms with Crippen molar-refractivity contribution >= 4 is 23.2 Å². The van der Waals surface area contributed by atoms with Gasteiger partial charge in [0.1, 0.15) is 11.5 Å². The lowest BCUT2D eigenvalue weighted by atomic mass is 9.87. The quantitative estimate of drug-likeness (QED) is 0.577. The number of amides is 1. The zero-order valence-corrected chi connectivity index (χ0v) is 16.1. The third-order valence-corrected chi connectivity index (χ3v) is 4.55. The fraction of sp³-hybridized carbons (Fsp3) is 0.227. The van der Waals surface area contributed by atoms with Crippen molar-refractivity contribution in [1.29, 1.82) is 0 Å². The predicted molar refractivity (Wildman–Crippen MR) is 107 cm³/mol. The Morgan fingerprint density at radius 2 is 1.62 bits per heavy atom. The molecule has 1 amide bonds. The third-order valence-electron chi connectivity index (χ3n) is 4.30. The maximum atomic E-state index is 12.6. The summed E-state index contributed by atoms with van der Waals surface area (Å²) >= 11 is 5.92. The smallest absolute Gasteiger partial charge is 0.259 e. The van der Waals surface area contributed by atoms with Gasteiger partial charge in [0.25, 0.3) is 5.91 Å². The maximum Gasteiger partial charge on any atom is 0.259 e. The second-order valence-electron chi connectivity index (χ2n) is 7.37. The molecule has 0 aliphatic rings. The van der Waals surface area contributed by atoms with Crippen LogP contribution in [0.15, 0.2) is 59.0 Å². The summed E-state index contributed by atoms with van der Waals surface area (Å²) in [6, 6.07) is 17.0. The van der Waals surface area contributed by atoms with Gasteiger partial charge < -0.3 is 9.73 Å². The average Bonchev–Trinajstić information content (AvgIpc) is 2.97. The van der Waals surface area contributed by atoms with Gasteiger partial charge in [-0.2, -0.15) is 0 Å². The summed E-state index contributed by atoms with van der Waals surface area (Å²) in [7, 11) is 0. The maximum absolute atomic E-state index is 12.6. The molecule has 0 bridgehead atoms. The number of anilines is 1. The minimum Gasteiger partial charge on any atom is -0.461 e. The Morgan fingerprint density at radius 3 is 2.19 bits per heavy atom. The van der Waals surface area contributed by atoms with Crippen LogP contribution in [0.5, 0.6) is 0 Å². The molecule has 1 aromatic heterocycles. The van der Waals surface area contributed by atoms with Gasteiger partial charge >= 0.3 is 0 Å². The predicted octanol–water partition coefficient (Wildman–Crippen LogP) is 6.46. The molecule has 0 aliphatic carbocycles. The molecule has 26 heavy (non-hydrogen) atoms. The van der Waals surface area contributed by atoms with Gasteiger partial charge in [0.05, 0.1) is 5.56 Å². The number of carbonyl (C=O) groups is 1. The van der Waals surface area contributed by atoms with Crippen LogP contribution in [0.2, 0.25) is 5.02 Å². The molecule has 2 aromatic carbocycles. The number of carbonyl (C=O) groups excluding carboxylic acids is 1. The molecule has 1 N–H and O–H groups in total. The van der Waals surface area contributed by atoms with E-state index in [2.05, 4.69) is 26.1 Å². The van der Waals surface area contributed by atoms with Crippen LogP contribution >= 0.6 is 11.6 Å². The van der Waals surface area contributed by atoms with E-state index in [-0.39, 0.29) is 11.3 Å². The molecule has 4 heteroatoms. The molecule has 134 valence electrons. The molecule has 0 saturated heterocycles. The first-order valence-electron chi connectivity index (χ1n) is 8.52. The Hall–Kier alpha value is -2.52. The number of halogens is 1. The molecular formula is C22H22ClNO2. The topological polar surface area (TPSA) is 42.2 Å². The Balaban J connectivity index is 1.79. The van der Waals surface area contributed by atoms with Crippen LogP contribution in [-0.4, -0.2) is 5.91 Å². The molecule has 3 aromatic rings. The van der Waals surface area contributed by atoms with Crippen molar-refractivity contribution in [3.63, 3.8) is 0 Å². The minimum absolute atomic E-state index is 0.0805. The molecule has 3 nitrogen and oxygen atoms in total. The number of rotatable bonds is 3. The van der Waals surface area contributed by atoms with Crippen molar-refractivity contribution in [2.24, 2.45) is 0 Å². The Kier molecular flexibility index (Phi) is 4.92. The molecule has 1 heterocycles. The Labute approximate surface area is 159 Å². The number of aryl methyl sites for hydroxylation is 1. The van der Waals surface area contributed by atoms with Crippen molar-refractivity contribution in [2.75, 3.05) is 5.32 Å². The van der Waals surface area contributed by atoms with Crippen LogP contribution in [0.1, 0.15) is 42.5 Å². The van der Waals surface area contributed by atoms with E-state index in [1.165, 1.54) is 5.56 Å². The Bertz CT molecular complexity index is 916. The monoisotopic (exact) mass is 367 g/mol. The minimum atomic E-state index is -0.185. The molecule has 0 radical (unpaired) electrons. The number of hydrogen-bond acceptors (Lipinski definition) is 2. The molecule has 0 unspecified atom stereocenters. The van der Waals surface area contributed by atoms with Gasteiger partial charge in [-0.05, 0) is 60.4 Å². The number of benzene rings is 2. The fourth-order valence-electron chi connectivity index (χ4n) is 2.72. The third kappa shape index (κ3) is 4.00. The van der Waals surface area contributed by atoms with E-state index in [0.29, 0.717) is 22.1 Å². The summed E-state index contributed by atoms with van der Waals surface area (Å²) in [4.78, 5) is 12.6. The first kappa shape index (κ1) is 18.3. The van der Waals surface area contributed by atoms with Crippen LogP contribution in [0.25, 0.3) is 11.3 Å². The highest BCUT2D eigenvalue weighted by Crippen LogP contribution is 2.28. The standard InChI is InChI=1S/C22H22ClNO2/c1-14-19(13-20(26-14)15-5-9-17(23)10-6-15)21(25)24-18-11-7-16(8-12-18)22(2,3)4/h5-13H,1-4H3,(H,24,25). The molecule has 0 atom stereocenters. The van der Waals surface area contributed by atoms with E-state index in [0.717, 1.165) is 11.3 Å². The molecule has 0 aliphatic heterocycles. The van der Waals surface area contributed by atoms with Crippen LogP contribution in [-0.2, 0) is 5.41 Å². The summed E-state index contributed by atoms with van der Waals surface area (Å²) in [5.41, 5.74) is 3.47. The van der Waals surface area contributed by atoms with E-state index >= 15 is 0 Å². The summed E-state index contributed by atoms with van der Waals surface area (Å²) in [5.74, 6) is 1.04. The van der Waals surface area contributed by atoms with E-state index in [1.807, 2.05) is 36.4 Å². The van der Waals surface area contributed by atoms with Crippen LogP contribution in [0.3, 0.4) is 0 Å². The van der Waals surface area contributed by atoms with Gasteiger partial charge in [-0.3, -0.25) is 4.79 Å². The second kappa shape index (κ2) is 7.00. The number of hydrogen-bond donors (Lipinski definition) is 1. The first-order valence-corrected chi connectivity index (χ1v) is 8.90. The fourth-order valence-corrected chi connectivity index (χ4v) is 2.84. The normalized spacial score (nSPS) is 11.4. The van der Waals surface area contributed by atoms with Gasteiger partial charge in [-0.15, -0.1) is 0 Å². The largest absolute Gasteiger partial charge is 0.461 e. The molecular weight excluding hydrogens is 346 g/mol. The van der Waals surface area contributed by atoms with Gasteiger partial charge in [0, 0.05) is 16.3 Å². The lowest BCUT2D eigenvalue weighted by Gasteiger charge is -2.19. The van der Waals surface area contributed by atoms with Gasteiger partial charge in [0.2, 0.25) is 0 Å². The zero-order chi connectivity index (χ0) is 18.9. The van der Waals surface area contributed by atoms with E-state index < -0.39 is 0 Å².